The fourth-order valence-corrected chi connectivity index (χ4v) is 3.27. The number of aromatic nitrogens is 1. The fraction of sp³-hybridized carbons (Fsp3) is 0.308. The predicted octanol–water partition coefficient (Wildman–Crippen LogP) is 3.35. The highest BCUT2D eigenvalue weighted by Gasteiger charge is 2.22. The van der Waals surface area contributed by atoms with E-state index in [2.05, 4.69) is 4.98 Å². The lowest BCUT2D eigenvalue weighted by Gasteiger charge is -2.09. The summed E-state index contributed by atoms with van der Waals surface area (Å²) in [6.07, 6.45) is 0.223. The number of carbonyl (C=O) groups excluding carboxylic acids is 1. The van der Waals surface area contributed by atoms with E-state index in [1.54, 1.807) is 6.92 Å². The molecule has 0 radical (unpaired) electrons. The van der Waals surface area contributed by atoms with Crippen molar-refractivity contribution in [2.24, 2.45) is 5.92 Å². The van der Waals surface area contributed by atoms with Gasteiger partial charge in [-0.3, -0.25) is 9.59 Å². The Labute approximate surface area is 124 Å². The summed E-state index contributed by atoms with van der Waals surface area (Å²) < 4.78 is 6.72. The molecule has 0 aliphatic carbocycles. The molecule has 0 bridgehead atoms. The van der Waals surface area contributed by atoms with E-state index in [9.17, 15) is 9.59 Å². The molecule has 0 saturated heterocycles. The molecule has 0 aliphatic heterocycles. The normalized spacial score (nSPS) is 12.2. The van der Waals surface area contributed by atoms with E-state index in [1.165, 1.54) is 11.3 Å². The van der Waals surface area contributed by atoms with E-state index in [0.717, 1.165) is 22.3 Å². The quantitative estimate of drug-likeness (QED) is 0.824. The van der Waals surface area contributed by atoms with Gasteiger partial charge in [0.2, 0.25) is 0 Å². The van der Waals surface area contributed by atoms with Gasteiger partial charge in [-0.2, -0.15) is 0 Å². The molecule has 0 amide bonds. The third-order valence-electron chi connectivity index (χ3n) is 2.72. The van der Waals surface area contributed by atoms with Crippen molar-refractivity contribution in [1.29, 1.82) is 0 Å². The molecule has 2 aromatic rings. The zero-order chi connectivity index (χ0) is 14.5. The maximum atomic E-state index is 11.8. The minimum Gasteiger partial charge on any atom is -0.481 e. The van der Waals surface area contributed by atoms with Gasteiger partial charge in [0.05, 0.1) is 22.6 Å². The number of para-hydroxylation sites is 1. The number of rotatable bonds is 6. The fourth-order valence-electron chi connectivity index (χ4n) is 1.64. The van der Waals surface area contributed by atoms with E-state index in [1.807, 2.05) is 24.3 Å². The Morgan fingerprint density at radius 2 is 2.20 bits per heavy atom. The van der Waals surface area contributed by atoms with Gasteiger partial charge < -0.3 is 9.29 Å². The van der Waals surface area contributed by atoms with Crippen molar-refractivity contribution in [3.05, 3.63) is 24.3 Å². The standard InChI is InChI=1S/C13H13NO4S2/c1-2-8(7-11(15)16)12(17)18-20-13-14-9-5-3-4-6-10(9)19-13/h3-6,8H,2,7H2,1H3,(H,15,16). The first-order valence-corrected chi connectivity index (χ1v) is 7.61. The maximum absolute atomic E-state index is 11.8. The molecule has 1 aromatic carbocycles. The summed E-state index contributed by atoms with van der Waals surface area (Å²) >= 11 is 2.32. The van der Waals surface area contributed by atoms with E-state index < -0.39 is 17.9 Å². The molecule has 1 unspecified atom stereocenters. The molecular weight excluding hydrogens is 298 g/mol. The second-order valence-corrected chi connectivity index (χ2v) is 6.15. The average Bonchev–Trinajstić information content (AvgIpc) is 2.84. The lowest BCUT2D eigenvalue weighted by molar-refractivity contribution is -0.145. The van der Waals surface area contributed by atoms with Gasteiger partial charge in [0.15, 0.2) is 4.34 Å². The minimum atomic E-state index is -1.00. The molecule has 0 saturated carbocycles. The van der Waals surface area contributed by atoms with Crippen LogP contribution in [0.4, 0.5) is 0 Å². The van der Waals surface area contributed by atoms with Crippen LogP contribution in [0, 0.1) is 5.92 Å². The maximum Gasteiger partial charge on any atom is 0.321 e. The molecule has 5 nitrogen and oxygen atoms in total. The number of nitrogens with zero attached hydrogens (tertiary/aromatic N) is 1. The van der Waals surface area contributed by atoms with Gasteiger partial charge in [-0.1, -0.05) is 19.1 Å². The van der Waals surface area contributed by atoms with Crippen LogP contribution in [0.2, 0.25) is 0 Å². The van der Waals surface area contributed by atoms with Crippen LogP contribution in [0.1, 0.15) is 19.8 Å². The van der Waals surface area contributed by atoms with Crippen LogP contribution in [0.3, 0.4) is 0 Å². The number of aliphatic carboxylic acids is 1. The highest BCUT2D eigenvalue weighted by atomic mass is 32.2. The molecule has 0 fully saturated rings. The molecule has 2 rings (SSSR count). The van der Waals surface area contributed by atoms with Gasteiger partial charge in [0.25, 0.3) is 0 Å². The van der Waals surface area contributed by atoms with Crippen LogP contribution in [-0.4, -0.2) is 22.0 Å². The molecule has 1 heterocycles. The highest BCUT2D eigenvalue weighted by molar-refractivity contribution is 7.97. The van der Waals surface area contributed by atoms with Gasteiger partial charge in [-0.15, -0.1) is 11.3 Å². The second kappa shape index (κ2) is 6.71. The molecule has 0 spiro atoms. The number of carboxylic acid groups (broad SMARTS) is 1. The molecule has 106 valence electrons. The zero-order valence-electron chi connectivity index (χ0n) is 10.7. The summed E-state index contributed by atoms with van der Waals surface area (Å²) in [7, 11) is 0. The Hall–Kier alpha value is -1.60. The molecule has 1 N–H and O–H groups in total. The zero-order valence-corrected chi connectivity index (χ0v) is 12.4. The van der Waals surface area contributed by atoms with Crippen molar-refractivity contribution in [1.82, 2.24) is 4.98 Å². The van der Waals surface area contributed by atoms with Gasteiger partial charge in [0, 0.05) is 0 Å². The summed E-state index contributed by atoms with van der Waals surface area (Å²) in [5.41, 5.74) is 0.855. The molecule has 7 heteroatoms. The van der Waals surface area contributed by atoms with Crippen LogP contribution < -0.4 is 0 Å². The van der Waals surface area contributed by atoms with Crippen molar-refractivity contribution in [2.75, 3.05) is 0 Å². The number of carbonyl (C=O) groups is 2. The van der Waals surface area contributed by atoms with E-state index in [-0.39, 0.29) is 6.42 Å². The summed E-state index contributed by atoms with van der Waals surface area (Å²) in [4.78, 5) is 26.7. The first-order valence-electron chi connectivity index (χ1n) is 6.06. The third kappa shape index (κ3) is 3.71. The van der Waals surface area contributed by atoms with Crippen LogP contribution in [-0.2, 0) is 13.8 Å². The Morgan fingerprint density at radius 3 is 2.85 bits per heavy atom. The predicted molar refractivity (Wildman–Crippen MR) is 77.6 cm³/mol. The first-order chi connectivity index (χ1) is 9.60. The number of benzene rings is 1. The van der Waals surface area contributed by atoms with Gasteiger partial charge in [0.1, 0.15) is 12.0 Å². The Kier molecular flexibility index (Phi) is 4.97. The van der Waals surface area contributed by atoms with Crippen molar-refractivity contribution in [2.45, 2.75) is 24.1 Å². The van der Waals surface area contributed by atoms with Crippen molar-refractivity contribution >= 4 is 45.5 Å². The Morgan fingerprint density at radius 1 is 1.45 bits per heavy atom. The van der Waals surface area contributed by atoms with E-state index in [0.29, 0.717) is 10.8 Å². The van der Waals surface area contributed by atoms with Crippen LogP contribution in [0.25, 0.3) is 10.2 Å². The molecule has 0 aliphatic rings. The summed E-state index contributed by atoms with van der Waals surface area (Å²) in [5.74, 6) is -2.13. The average molecular weight is 311 g/mol. The van der Waals surface area contributed by atoms with Crippen LogP contribution >= 0.6 is 23.4 Å². The van der Waals surface area contributed by atoms with Gasteiger partial charge in [-0.05, 0) is 18.6 Å². The second-order valence-electron chi connectivity index (χ2n) is 4.14. The summed E-state index contributed by atoms with van der Waals surface area (Å²) in [6.45, 7) is 1.76. The molecule has 1 aromatic heterocycles. The number of hydrogen-bond donors (Lipinski definition) is 1. The van der Waals surface area contributed by atoms with Crippen molar-refractivity contribution in [3.63, 3.8) is 0 Å². The van der Waals surface area contributed by atoms with Gasteiger partial charge >= 0.3 is 11.9 Å². The summed E-state index contributed by atoms with van der Waals surface area (Å²) in [5, 5.41) is 8.72. The SMILES string of the molecule is CCC(CC(=O)O)C(=O)OSc1nc2ccccc2s1. The highest BCUT2D eigenvalue weighted by Crippen LogP contribution is 2.30. The topological polar surface area (TPSA) is 76.5 Å². The van der Waals surface area contributed by atoms with Crippen molar-refractivity contribution in [3.8, 4) is 0 Å². The monoisotopic (exact) mass is 311 g/mol. The largest absolute Gasteiger partial charge is 0.481 e. The number of thiazole rings is 1. The van der Waals surface area contributed by atoms with E-state index in [4.69, 9.17) is 9.29 Å². The summed E-state index contributed by atoms with van der Waals surface area (Å²) in [6, 6.07) is 7.64. The minimum absolute atomic E-state index is 0.213. The van der Waals surface area contributed by atoms with E-state index >= 15 is 0 Å². The molecule has 1 atom stereocenters. The number of fused-ring (bicyclic) bond motifs is 1. The van der Waals surface area contributed by atoms with Crippen LogP contribution in [0.5, 0.6) is 0 Å². The lowest BCUT2D eigenvalue weighted by Crippen LogP contribution is -2.18. The Bertz CT molecular complexity index is 593. The molecule has 20 heavy (non-hydrogen) atoms. The van der Waals surface area contributed by atoms with Crippen LogP contribution in [0.15, 0.2) is 28.6 Å². The Balaban J connectivity index is 1.96. The smallest absolute Gasteiger partial charge is 0.321 e. The first kappa shape index (κ1) is 14.8. The number of carboxylic acids is 1. The van der Waals surface area contributed by atoms with Gasteiger partial charge in [-0.25, -0.2) is 4.98 Å². The lowest BCUT2D eigenvalue weighted by atomic mass is 10.0. The molecular formula is C13H13NO4S2. The number of hydrogen-bond acceptors (Lipinski definition) is 6. The van der Waals surface area contributed by atoms with Crippen molar-refractivity contribution < 1.29 is 18.9 Å². The third-order valence-corrected chi connectivity index (χ3v) is 4.48.